The van der Waals surface area contributed by atoms with E-state index in [9.17, 15) is 4.79 Å². The maximum atomic E-state index is 10.6. The van der Waals surface area contributed by atoms with Crippen LogP contribution in [0.1, 0.15) is 19.8 Å². The highest BCUT2D eigenvalue weighted by molar-refractivity contribution is 5.72. The molecule has 0 aromatic heterocycles. The average molecular weight is 199 g/mol. The minimum Gasteiger partial charge on any atom is -0.479 e. The molecule has 2 heterocycles. The van der Waals surface area contributed by atoms with Crippen molar-refractivity contribution in [3.8, 4) is 0 Å². The fourth-order valence-corrected chi connectivity index (χ4v) is 2.29. The molecule has 0 aromatic rings. The summed E-state index contributed by atoms with van der Waals surface area (Å²) < 4.78 is 5.42. The number of likely N-dealkylation sites (tertiary alicyclic amines) is 1. The number of carboxylic acids is 1. The lowest BCUT2D eigenvalue weighted by atomic mass is 10.0. The Morgan fingerprint density at radius 2 is 2.21 bits per heavy atom. The molecule has 1 N–H and O–H groups in total. The normalized spacial score (nSPS) is 34.4. The van der Waals surface area contributed by atoms with Crippen LogP contribution < -0.4 is 0 Å². The maximum Gasteiger partial charge on any atom is 0.332 e. The standard InChI is InChI=1S/C10H17NO3/c1-7-4-11(5-7)6-8-2-3-9(14-8)10(12)13/h7-9H,2-6H2,1H3,(H,12,13). The van der Waals surface area contributed by atoms with Crippen LogP contribution in [0.15, 0.2) is 0 Å². The summed E-state index contributed by atoms with van der Waals surface area (Å²) in [6.07, 6.45) is 1.15. The van der Waals surface area contributed by atoms with Crippen LogP contribution in [0.4, 0.5) is 0 Å². The number of rotatable bonds is 3. The van der Waals surface area contributed by atoms with Crippen molar-refractivity contribution in [3.05, 3.63) is 0 Å². The van der Waals surface area contributed by atoms with Gasteiger partial charge in [0.15, 0.2) is 6.10 Å². The lowest BCUT2D eigenvalue weighted by Crippen LogP contribution is -2.48. The van der Waals surface area contributed by atoms with Crippen LogP contribution in [0.25, 0.3) is 0 Å². The lowest BCUT2D eigenvalue weighted by Gasteiger charge is -2.38. The Bertz CT molecular complexity index is 225. The summed E-state index contributed by atoms with van der Waals surface area (Å²) in [5, 5.41) is 8.74. The van der Waals surface area contributed by atoms with Crippen molar-refractivity contribution in [1.29, 1.82) is 0 Å². The van der Waals surface area contributed by atoms with Gasteiger partial charge in [0.25, 0.3) is 0 Å². The van der Waals surface area contributed by atoms with Crippen LogP contribution in [0.2, 0.25) is 0 Å². The van der Waals surface area contributed by atoms with Crippen molar-refractivity contribution >= 4 is 5.97 Å². The van der Waals surface area contributed by atoms with E-state index in [1.54, 1.807) is 0 Å². The SMILES string of the molecule is CC1CN(CC2CCC(C(=O)O)O2)C1. The Hall–Kier alpha value is -0.610. The minimum absolute atomic E-state index is 0.142. The van der Waals surface area contributed by atoms with Crippen LogP contribution in [-0.2, 0) is 9.53 Å². The van der Waals surface area contributed by atoms with E-state index in [1.807, 2.05) is 0 Å². The molecule has 0 bridgehead atoms. The van der Waals surface area contributed by atoms with Gasteiger partial charge in [0.05, 0.1) is 6.10 Å². The quantitative estimate of drug-likeness (QED) is 0.722. The van der Waals surface area contributed by atoms with Crippen LogP contribution in [-0.4, -0.2) is 47.8 Å². The molecule has 0 saturated carbocycles. The third-order valence-electron chi connectivity index (χ3n) is 2.98. The predicted molar refractivity (Wildman–Crippen MR) is 51.1 cm³/mol. The van der Waals surface area contributed by atoms with Crippen molar-refractivity contribution in [3.63, 3.8) is 0 Å². The third-order valence-corrected chi connectivity index (χ3v) is 2.98. The summed E-state index contributed by atoms with van der Waals surface area (Å²) in [6.45, 7) is 5.41. The number of carbonyl (C=O) groups is 1. The largest absolute Gasteiger partial charge is 0.479 e. The summed E-state index contributed by atoms with van der Waals surface area (Å²) in [7, 11) is 0. The van der Waals surface area contributed by atoms with Gasteiger partial charge >= 0.3 is 5.97 Å². The van der Waals surface area contributed by atoms with E-state index in [-0.39, 0.29) is 6.10 Å². The molecule has 80 valence electrons. The van der Waals surface area contributed by atoms with Crippen LogP contribution in [0.5, 0.6) is 0 Å². The van der Waals surface area contributed by atoms with Gasteiger partial charge < -0.3 is 14.7 Å². The topological polar surface area (TPSA) is 49.8 Å². The van der Waals surface area contributed by atoms with Crippen molar-refractivity contribution in [2.75, 3.05) is 19.6 Å². The molecule has 2 saturated heterocycles. The van der Waals surface area contributed by atoms with E-state index in [0.29, 0.717) is 6.42 Å². The van der Waals surface area contributed by atoms with Gasteiger partial charge in [0, 0.05) is 19.6 Å². The Morgan fingerprint density at radius 1 is 1.50 bits per heavy atom. The molecule has 0 aromatic carbocycles. The lowest BCUT2D eigenvalue weighted by molar-refractivity contribution is -0.150. The fourth-order valence-electron chi connectivity index (χ4n) is 2.29. The van der Waals surface area contributed by atoms with E-state index in [2.05, 4.69) is 11.8 Å². The van der Waals surface area contributed by atoms with Gasteiger partial charge in [0.1, 0.15) is 0 Å². The highest BCUT2D eigenvalue weighted by Crippen LogP contribution is 2.23. The zero-order valence-corrected chi connectivity index (χ0v) is 8.48. The first-order valence-corrected chi connectivity index (χ1v) is 5.26. The molecule has 2 aliphatic heterocycles. The summed E-state index contributed by atoms with van der Waals surface area (Å²) in [4.78, 5) is 13.0. The molecule has 2 unspecified atom stereocenters. The summed E-state index contributed by atoms with van der Waals surface area (Å²) in [6, 6.07) is 0. The minimum atomic E-state index is -0.815. The fraction of sp³-hybridized carbons (Fsp3) is 0.900. The van der Waals surface area contributed by atoms with E-state index in [1.165, 1.54) is 0 Å². The number of carboxylic acid groups (broad SMARTS) is 1. The molecule has 2 aliphatic rings. The zero-order valence-electron chi connectivity index (χ0n) is 8.48. The van der Waals surface area contributed by atoms with Gasteiger partial charge in [-0.3, -0.25) is 0 Å². The van der Waals surface area contributed by atoms with Crippen molar-refractivity contribution in [2.45, 2.75) is 32.0 Å². The van der Waals surface area contributed by atoms with Crippen LogP contribution in [0, 0.1) is 5.92 Å². The number of hydrogen-bond donors (Lipinski definition) is 1. The second-order valence-electron chi connectivity index (χ2n) is 4.49. The Balaban J connectivity index is 1.71. The molecule has 0 radical (unpaired) electrons. The second kappa shape index (κ2) is 3.87. The van der Waals surface area contributed by atoms with E-state index in [0.717, 1.165) is 32.0 Å². The van der Waals surface area contributed by atoms with Crippen molar-refractivity contribution in [2.24, 2.45) is 5.92 Å². The molecule has 0 amide bonds. The number of nitrogens with zero attached hydrogens (tertiary/aromatic N) is 1. The molecular weight excluding hydrogens is 182 g/mol. The highest BCUT2D eigenvalue weighted by Gasteiger charge is 2.33. The van der Waals surface area contributed by atoms with Gasteiger partial charge in [-0.1, -0.05) is 6.92 Å². The molecule has 4 nitrogen and oxygen atoms in total. The van der Waals surface area contributed by atoms with Crippen molar-refractivity contribution in [1.82, 2.24) is 4.90 Å². The monoisotopic (exact) mass is 199 g/mol. The number of aliphatic carboxylic acids is 1. The Labute approximate surface area is 83.8 Å². The molecule has 2 rings (SSSR count). The van der Waals surface area contributed by atoms with E-state index < -0.39 is 12.1 Å². The van der Waals surface area contributed by atoms with Gasteiger partial charge in [-0.15, -0.1) is 0 Å². The van der Waals surface area contributed by atoms with E-state index in [4.69, 9.17) is 9.84 Å². The predicted octanol–water partition coefficient (Wildman–Crippen LogP) is 0.570. The summed E-state index contributed by atoms with van der Waals surface area (Å²) in [5.74, 6) is -0.0175. The first-order valence-electron chi connectivity index (χ1n) is 5.26. The Kier molecular flexibility index (Phi) is 2.74. The van der Waals surface area contributed by atoms with Crippen molar-refractivity contribution < 1.29 is 14.6 Å². The Morgan fingerprint density at radius 3 is 2.71 bits per heavy atom. The third kappa shape index (κ3) is 2.07. The number of ether oxygens (including phenoxy) is 1. The zero-order chi connectivity index (χ0) is 10.1. The molecule has 2 atom stereocenters. The van der Waals surface area contributed by atoms with Gasteiger partial charge in [-0.05, 0) is 18.8 Å². The first-order chi connectivity index (χ1) is 6.65. The summed E-state index contributed by atoms with van der Waals surface area (Å²) in [5.41, 5.74) is 0. The molecule has 0 aliphatic carbocycles. The van der Waals surface area contributed by atoms with Gasteiger partial charge in [0.2, 0.25) is 0 Å². The molecule has 0 spiro atoms. The molecular formula is C10H17NO3. The van der Waals surface area contributed by atoms with Crippen LogP contribution in [0.3, 0.4) is 0 Å². The molecule has 4 heteroatoms. The smallest absolute Gasteiger partial charge is 0.332 e. The highest BCUT2D eigenvalue weighted by atomic mass is 16.5. The summed E-state index contributed by atoms with van der Waals surface area (Å²) >= 11 is 0. The first kappa shape index (κ1) is 9.93. The van der Waals surface area contributed by atoms with Gasteiger partial charge in [-0.2, -0.15) is 0 Å². The number of hydrogen-bond acceptors (Lipinski definition) is 3. The maximum absolute atomic E-state index is 10.6. The average Bonchev–Trinajstić information content (AvgIpc) is 2.50. The van der Waals surface area contributed by atoms with E-state index >= 15 is 0 Å². The van der Waals surface area contributed by atoms with Crippen LogP contribution >= 0.6 is 0 Å². The second-order valence-corrected chi connectivity index (χ2v) is 4.49. The van der Waals surface area contributed by atoms with Gasteiger partial charge in [-0.25, -0.2) is 4.79 Å². The molecule has 2 fully saturated rings. The molecule has 14 heavy (non-hydrogen) atoms.